The highest BCUT2D eigenvalue weighted by Crippen LogP contribution is 2.24. The van der Waals surface area contributed by atoms with Crippen molar-refractivity contribution in [2.75, 3.05) is 0 Å². The molecule has 0 saturated heterocycles. The molecule has 0 radical (unpaired) electrons. The quantitative estimate of drug-likeness (QED) is 0.480. The van der Waals surface area contributed by atoms with Crippen LogP contribution < -0.4 is 10.2 Å². The standard InChI is InChI=1S/C13H12N2O2/c16-15-10-14-11-5-4-8-13(9-11)17-12-6-2-1-3-7-12/h1-10,16H,(H,14,15). The van der Waals surface area contributed by atoms with E-state index in [1.807, 2.05) is 54.0 Å². The zero-order chi connectivity index (χ0) is 11.9. The maximum absolute atomic E-state index is 8.40. The molecule has 0 bridgehead atoms. The minimum atomic E-state index is 0.694. The van der Waals surface area contributed by atoms with Gasteiger partial charge in [0.2, 0.25) is 0 Å². The molecule has 0 saturated carbocycles. The van der Waals surface area contributed by atoms with Crippen molar-refractivity contribution in [3.63, 3.8) is 0 Å². The number of benzene rings is 2. The average molecular weight is 228 g/mol. The fourth-order valence-electron chi connectivity index (χ4n) is 1.36. The molecule has 0 unspecified atom stereocenters. The lowest BCUT2D eigenvalue weighted by molar-refractivity contribution is 0.240. The van der Waals surface area contributed by atoms with Gasteiger partial charge in [0.25, 0.3) is 0 Å². The van der Waals surface area contributed by atoms with Gasteiger partial charge in [-0.2, -0.15) is 0 Å². The molecule has 4 nitrogen and oxygen atoms in total. The highest BCUT2D eigenvalue weighted by molar-refractivity contribution is 5.60. The minimum Gasteiger partial charge on any atom is -0.457 e. The summed E-state index contributed by atoms with van der Waals surface area (Å²) in [5.41, 5.74) is 2.55. The SMILES string of the molecule is ONC=Nc1cccc(Oc2ccccc2)c1. The van der Waals surface area contributed by atoms with Gasteiger partial charge in [0.1, 0.15) is 17.8 Å². The van der Waals surface area contributed by atoms with Gasteiger partial charge in [0.15, 0.2) is 0 Å². The number of ether oxygens (including phenoxy) is 1. The van der Waals surface area contributed by atoms with Gasteiger partial charge in [0, 0.05) is 6.07 Å². The van der Waals surface area contributed by atoms with Crippen LogP contribution in [0.25, 0.3) is 0 Å². The Kier molecular flexibility index (Phi) is 3.72. The van der Waals surface area contributed by atoms with E-state index in [4.69, 9.17) is 9.94 Å². The first-order chi connectivity index (χ1) is 8.38. The van der Waals surface area contributed by atoms with E-state index in [0.29, 0.717) is 11.4 Å². The van der Waals surface area contributed by atoms with Crippen molar-refractivity contribution in [1.29, 1.82) is 0 Å². The molecule has 86 valence electrons. The monoisotopic (exact) mass is 228 g/mol. The molecule has 2 N–H and O–H groups in total. The zero-order valence-electron chi connectivity index (χ0n) is 9.08. The summed E-state index contributed by atoms with van der Waals surface area (Å²) < 4.78 is 5.64. The number of nitrogens with zero attached hydrogens (tertiary/aromatic N) is 1. The molecule has 17 heavy (non-hydrogen) atoms. The Balaban J connectivity index is 2.14. The molecule has 2 rings (SSSR count). The smallest absolute Gasteiger partial charge is 0.129 e. The van der Waals surface area contributed by atoms with Gasteiger partial charge in [-0.3, -0.25) is 10.7 Å². The lowest BCUT2D eigenvalue weighted by Gasteiger charge is -2.05. The largest absolute Gasteiger partial charge is 0.457 e. The van der Waals surface area contributed by atoms with Crippen molar-refractivity contribution in [2.24, 2.45) is 4.99 Å². The first-order valence-electron chi connectivity index (χ1n) is 5.13. The highest BCUT2D eigenvalue weighted by Gasteiger charge is 1.97. The van der Waals surface area contributed by atoms with Gasteiger partial charge in [-0.15, -0.1) is 0 Å². The highest BCUT2D eigenvalue weighted by atomic mass is 16.5. The van der Waals surface area contributed by atoms with Gasteiger partial charge >= 0.3 is 0 Å². The Hall–Kier alpha value is -2.33. The Morgan fingerprint density at radius 1 is 1.00 bits per heavy atom. The topological polar surface area (TPSA) is 53.8 Å². The van der Waals surface area contributed by atoms with Crippen molar-refractivity contribution in [2.45, 2.75) is 0 Å². The van der Waals surface area contributed by atoms with Gasteiger partial charge in [-0.05, 0) is 24.3 Å². The molecule has 2 aromatic carbocycles. The van der Waals surface area contributed by atoms with Gasteiger partial charge < -0.3 is 4.74 Å². The summed E-state index contributed by atoms with van der Waals surface area (Å²) >= 11 is 0. The Morgan fingerprint density at radius 2 is 1.76 bits per heavy atom. The molecule has 0 aromatic heterocycles. The van der Waals surface area contributed by atoms with Gasteiger partial charge in [-0.25, -0.2) is 4.99 Å². The molecule has 4 heteroatoms. The summed E-state index contributed by atoms with van der Waals surface area (Å²) in [5.74, 6) is 1.47. The summed E-state index contributed by atoms with van der Waals surface area (Å²) in [4.78, 5) is 3.96. The van der Waals surface area contributed by atoms with E-state index >= 15 is 0 Å². The van der Waals surface area contributed by atoms with Crippen LogP contribution in [-0.4, -0.2) is 11.5 Å². The molecule has 0 heterocycles. The Morgan fingerprint density at radius 3 is 2.53 bits per heavy atom. The normalized spacial score (nSPS) is 10.4. The lowest BCUT2D eigenvalue weighted by Crippen LogP contribution is -2.00. The van der Waals surface area contributed by atoms with E-state index in [1.165, 1.54) is 6.34 Å². The van der Waals surface area contributed by atoms with Crippen molar-refractivity contribution in [3.05, 3.63) is 54.6 Å². The predicted octanol–water partition coefficient (Wildman–Crippen LogP) is 3.12. The number of hydrogen-bond donors (Lipinski definition) is 2. The third kappa shape index (κ3) is 3.32. The van der Waals surface area contributed by atoms with E-state index in [-0.39, 0.29) is 0 Å². The summed E-state index contributed by atoms with van der Waals surface area (Å²) in [7, 11) is 0. The van der Waals surface area contributed by atoms with Crippen LogP contribution in [0, 0.1) is 0 Å². The molecule has 0 atom stereocenters. The fraction of sp³-hybridized carbons (Fsp3) is 0. The fourth-order valence-corrected chi connectivity index (χ4v) is 1.36. The number of rotatable bonds is 4. The maximum atomic E-state index is 8.40. The second-order valence-corrected chi connectivity index (χ2v) is 3.30. The van der Waals surface area contributed by atoms with E-state index in [0.717, 1.165) is 5.75 Å². The van der Waals surface area contributed by atoms with Gasteiger partial charge in [0.05, 0.1) is 5.69 Å². The molecular formula is C13H12N2O2. The average Bonchev–Trinajstić information content (AvgIpc) is 2.38. The maximum Gasteiger partial charge on any atom is 0.129 e. The molecule has 2 aromatic rings. The Bertz CT molecular complexity index is 498. The first-order valence-corrected chi connectivity index (χ1v) is 5.13. The number of para-hydroxylation sites is 1. The third-order valence-electron chi connectivity index (χ3n) is 2.07. The van der Waals surface area contributed by atoms with Crippen LogP contribution in [0.3, 0.4) is 0 Å². The van der Waals surface area contributed by atoms with Crippen molar-refractivity contribution >= 4 is 12.0 Å². The van der Waals surface area contributed by atoms with Crippen LogP contribution in [0.5, 0.6) is 11.5 Å². The van der Waals surface area contributed by atoms with E-state index in [9.17, 15) is 0 Å². The van der Waals surface area contributed by atoms with E-state index < -0.39 is 0 Å². The number of nitrogens with one attached hydrogen (secondary N) is 1. The Labute approximate surface area is 99.2 Å². The van der Waals surface area contributed by atoms with Gasteiger partial charge in [-0.1, -0.05) is 24.3 Å². The first kappa shape index (κ1) is 11.2. The van der Waals surface area contributed by atoms with E-state index in [1.54, 1.807) is 6.07 Å². The van der Waals surface area contributed by atoms with Crippen molar-refractivity contribution in [1.82, 2.24) is 5.48 Å². The summed E-state index contributed by atoms with van der Waals surface area (Å²) in [6, 6.07) is 16.8. The summed E-state index contributed by atoms with van der Waals surface area (Å²) in [6.45, 7) is 0. The molecule has 0 aliphatic heterocycles. The molecule has 0 aliphatic rings. The van der Waals surface area contributed by atoms with Crippen molar-refractivity contribution in [3.8, 4) is 11.5 Å². The number of aliphatic imine (C=N–C) groups is 1. The predicted molar refractivity (Wildman–Crippen MR) is 66.0 cm³/mol. The second-order valence-electron chi connectivity index (χ2n) is 3.30. The summed E-state index contributed by atoms with van der Waals surface area (Å²) in [6.07, 6.45) is 1.20. The summed E-state index contributed by atoms with van der Waals surface area (Å²) in [5, 5.41) is 8.40. The third-order valence-corrected chi connectivity index (χ3v) is 2.07. The molecule has 0 aliphatic carbocycles. The molecule has 0 fully saturated rings. The van der Waals surface area contributed by atoms with Crippen LogP contribution in [0.1, 0.15) is 0 Å². The molecular weight excluding hydrogens is 216 g/mol. The second kappa shape index (κ2) is 5.67. The van der Waals surface area contributed by atoms with Crippen molar-refractivity contribution < 1.29 is 9.94 Å². The number of hydrogen-bond acceptors (Lipinski definition) is 3. The van der Waals surface area contributed by atoms with Crippen LogP contribution >= 0.6 is 0 Å². The van der Waals surface area contributed by atoms with E-state index in [2.05, 4.69) is 4.99 Å². The zero-order valence-corrected chi connectivity index (χ0v) is 9.08. The van der Waals surface area contributed by atoms with Crippen LogP contribution in [0.4, 0.5) is 5.69 Å². The van der Waals surface area contributed by atoms with Crippen LogP contribution in [0.2, 0.25) is 0 Å². The lowest BCUT2D eigenvalue weighted by atomic mass is 10.3. The molecule has 0 amide bonds. The van der Waals surface area contributed by atoms with Crippen LogP contribution in [-0.2, 0) is 0 Å². The minimum absolute atomic E-state index is 0.694. The molecule has 0 spiro atoms. The number of hydroxylamine groups is 1. The van der Waals surface area contributed by atoms with Crippen LogP contribution in [0.15, 0.2) is 59.6 Å².